The van der Waals surface area contributed by atoms with Gasteiger partial charge in [0.25, 0.3) is 0 Å². The normalized spacial score (nSPS) is 16.8. The molecule has 4 atom stereocenters. The minimum atomic E-state index is -1.71. The summed E-state index contributed by atoms with van der Waals surface area (Å²) in [5.41, 5.74) is 5.04. The first-order chi connectivity index (χ1) is 17.4. The maximum atomic E-state index is 12.0. The molecule has 40 heavy (non-hydrogen) atoms. The van der Waals surface area contributed by atoms with E-state index >= 15 is 0 Å². The van der Waals surface area contributed by atoms with Crippen LogP contribution in [0.5, 0.6) is 0 Å². The van der Waals surface area contributed by atoms with E-state index in [2.05, 4.69) is 76.9 Å². The number of aliphatic hydroxyl groups is 1. The zero-order valence-corrected chi connectivity index (χ0v) is 32.9. The Bertz CT molecular complexity index is 781. The minimum absolute atomic E-state index is 0.0602. The van der Waals surface area contributed by atoms with Gasteiger partial charge in [-0.25, -0.2) is 13.1 Å². The monoisotopic (exact) mass is 645 g/mol. The molecule has 0 aromatic carbocycles. The molecule has 244 valence electrons. The number of nitrogens with two attached hydrogens (primary N) is 1. The quantitative estimate of drug-likeness (QED) is 0.189. The summed E-state index contributed by atoms with van der Waals surface area (Å²) in [6.07, 6.45) is 1.64. The topological polar surface area (TPSA) is 123 Å². The first-order valence-corrected chi connectivity index (χ1v) is 22.3. The highest BCUT2D eigenvalue weighted by atomic mass is 32.2. The maximum Gasteiger partial charge on any atom is 0.192 e. The molecule has 0 saturated heterocycles. The van der Waals surface area contributed by atoms with Crippen LogP contribution in [0.1, 0.15) is 96.9 Å². The summed E-state index contributed by atoms with van der Waals surface area (Å²) in [7, 11) is -5.63. The Morgan fingerprint density at radius 3 is 1.50 bits per heavy atom. The molecule has 0 rings (SSSR count). The lowest BCUT2D eigenvalue weighted by Gasteiger charge is -2.37. The Hall–Kier alpha value is 0.204. The Kier molecular flexibility index (Phi) is 20.2. The van der Waals surface area contributed by atoms with Gasteiger partial charge in [0.1, 0.15) is 11.0 Å². The van der Waals surface area contributed by atoms with Crippen molar-refractivity contribution < 1.29 is 22.4 Å². The van der Waals surface area contributed by atoms with Gasteiger partial charge in [0.15, 0.2) is 16.6 Å². The van der Waals surface area contributed by atoms with Gasteiger partial charge in [-0.2, -0.15) is 4.40 Å². The highest BCUT2D eigenvalue weighted by Gasteiger charge is 2.38. The van der Waals surface area contributed by atoms with Gasteiger partial charge in [0.2, 0.25) is 0 Å². The van der Waals surface area contributed by atoms with Crippen LogP contribution in [0.2, 0.25) is 36.3 Å². The predicted molar refractivity (Wildman–Crippen MR) is 184 cm³/mol. The van der Waals surface area contributed by atoms with E-state index in [4.69, 9.17) is 19.7 Å². The highest BCUT2D eigenvalue weighted by Crippen LogP contribution is 2.37. The van der Waals surface area contributed by atoms with E-state index in [1.165, 1.54) is 0 Å². The van der Waals surface area contributed by atoms with E-state index in [-0.39, 0.29) is 38.3 Å². The average Bonchev–Trinajstić information content (AvgIpc) is 2.73. The third-order valence-electron chi connectivity index (χ3n) is 6.67. The SMILES string of the molecule is CC(C)(C)[S@](=O)N=CCO[Si](C)(C)C(C)(C)C.C[C@@H](N)CO.C[C@H](CO[Si](C)(C)C(C)(C)C)N[S@@](=O)C(C)(C)C. The minimum Gasteiger partial charge on any atom is -0.415 e. The number of nitrogens with one attached hydrogen (secondary N) is 1. The fourth-order valence-electron chi connectivity index (χ4n) is 1.66. The third-order valence-corrected chi connectivity index (χ3v) is 18.8. The van der Waals surface area contributed by atoms with Gasteiger partial charge < -0.3 is 19.7 Å². The summed E-state index contributed by atoms with van der Waals surface area (Å²) in [5.74, 6) is 0. The lowest BCUT2D eigenvalue weighted by Crippen LogP contribution is -2.46. The molecule has 0 saturated carbocycles. The molecule has 0 amide bonds. The second kappa shape index (κ2) is 18.1. The summed E-state index contributed by atoms with van der Waals surface area (Å²) < 4.78 is 42.2. The first-order valence-electron chi connectivity index (χ1n) is 14.2. The summed E-state index contributed by atoms with van der Waals surface area (Å²) in [6.45, 7) is 38.7. The van der Waals surface area contributed by atoms with Crippen LogP contribution < -0.4 is 10.5 Å². The van der Waals surface area contributed by atoms with Crippen LogP contribution in [-0.4, -0.2) is 77.8 Å². The summed E-state index contributed by atoms with van der Waals surface area (Å²) in [6, 6.07) is 0.0502. The number of aliphatic hydroxyl groups excluding tert-OH is 1. The molecule has 0 aromatic rings. The molecule has 0 aliphatic rings. The van der Waals surface area contributed by atoms with Crippen LogP contribution in [0.3, 0.4) is 0 Å². The molecule has 0 aliphatic heterocycles. The van der Waals surface area contributed by atoms with Gasteiger partial charge in [-0.3, -0.25) is 0 Å². The Morgan fingerprint density at radius 1 is 0.825 bits per heavy atom. The molecule has 4 N–H and O–H groups in total. The average molecular weight is 646 g/mol. The number of rotatable bonds is 10. The number of nitrogens with zero attached hydrogens (tertiary/aromatic N) is 1. The van der Waals surface area contributed by atoms with E-state index in [1.807, 2.05) is 48.5 Å². The maximum absolute atomic E-state index is 12.0. The van der Waals surface area contributed by atoms with Gasteiger partial charge >= 0.3 is 0 Å². The summed E-state index contributed by atoms with van der Waals surface area (Å²) in [5, 5.41) is 8.44. The van der Waals surface area contributed by atoms with Gasteiger partial charge in [-0.1, -0.05) is 41.5 Å². The third kappa shape index (κ3) is 21.0. The van der Waals surface area contributed by atoms with E-state index in [1.54, 1.807) is 13.1 Å². The molecule has 0 bridgehead atoms. The van der Waals surface area contributed by atoms with Gasteiger partial charge in [-0.15, -0.1) is 0 Å². The van der Waals surface area contributed by atoms with Crippen molar-refractivity contribution in [2.24, 2.45) is 10.1 Å². The molecule has 0 spiro atoms. The van der Waals surface area contributed by atoms with Crippen LogP contribution in [0.4, 0.5) is 0 Å². The van der Waals surface area contributed by atoms with Gasteiger partial charge in [-0.05, 0) is 91.7 Å². The van der Waals surface area contributed by atoms with Crippen molar-refractivity contribution in [2.45, 2.75) is 155 Å². The van der Waals surface area contributed by atoms with Crippen LogP contribution in [0, 0.1) is 0 Å². The second-order valence-corrected chi connectivity index (χ2v) is 28.9. The molecule has 0 heterocycles. The van der Waals surface area contributed by atoms with Crippen LogP contribution in [0.15, 0.2) is 4.40 Å². The summed E-state index contributed by atoms with van der Waals surface area (Å²) >= 11 is 0. The number of hydrogen-bond donors (Lipinski definition) is 3. The van der Waals surface area contributed by atoms with E-state index < -0.39 is 38.6 Å². The molecule has 8 nitrogen and oxygen atoms in total. The van der Waals surface area contributed by atoms with E-state index in [0.717, 1.165) is 0 Å². The Morgan fingerprint density at radius 2 is 1.20 bits per heavy atom. The molecular weight excluding hydrogens is 579 g/mol. The van der Waals surface area contributed by atoms with Crippen LogP contribution in [-0.2, 0) is 30.8 Å². The fraction of sp³-hybridized carbons (Fsp3) is 0.964. The standard InChI is InChI=1S/C13H31NO2SSi.C12H27NO2SSi.C3H9NO/c1-11(14-17(15)12(2,3)4)10-16-18(8,9)13(5,6)7;1-11(2,3)16(14)13-9-10-15-17(7,8)12(4,5)6;1-3(4)2-5/h11,14H,10H2,1-9H3;9H,10H2,1-8H3;3,5H,2,4H2,1H3/t11-,17+;16-;3-/m101/s1. The summed E-state index contributed by atoms with van der Waals surface area (Å²) in [4.78, 5) is 0. The molecule has 0 fully saturated rings. The van der Waals surface area contributed by atoms with Gasteiger partial charge in [0.05, 0.1) is 33.7 Å². The molecule has 0 radical (unpaired) electrons. The lowest BCUT2D eigenvalue weighted by atomic mass is 10.2. The van der Waals surface area contributed by atoms with Crippen LogP contribution >= 0.6 is 0 Å². The molecule has 0 aromatic heterocycles. The Balaban J connectivity index is -0.000000586. The van der Waals surface area contributed by atoms with Crippen molar-refractivity contribution in [3.8, 4) is 0 Å². The first kappa shape index (κ1) is 44.6. The van der Waals surface area contributed by atoms with Gasteiger partial charge in [0, 0.05) is 24.9 Å². The smallest absolute Gasteiger partial charge is 0.192 e. The van der Waals surface area contributed by atoms with E-state index in [9.17, 15) is 8.42 Å². The van der Waals surface area contributed by atoms with Crippen molar-refractivity contribution in [1.82, 2.24) is 4.72 Å². The van der Waals surface area contributed by atoms with Crippen molar-refractivity contribution in [3.63, 3.8) is 0 Å². The van der Waals surface area contributed by atoms with E-state index in [0.29, 0.717) is 13.2 Å². The zero-order valence-electron chi connectivity index (χ0n) is 29.3. The number of hydrogen-bond acceptors (Lipinski definition) is 6. The molecule has 0 aliphatic carbocycles. The van der Waals surface area contributed by atoms with Crippen molar-refractivity contribution in [2.75, 3.05) is 19.8 Å². The Labute approximate surface area is 255 Å². The molecular formula is C28H67N3O5S2Si2. The van der Waals surface area contributed by atoms with Crippen molar-refractivity contribution >= 4 is 44.8 Å². The second-order valence-electron chi connectivity index (χ2n) is 15.4. The largest absolute Gasteiger partial charge is 0.415 e. The lowest BCUT2D eigenvalue weighted by molar-refractivity contribution is 0.263. The predicted octanol–water partition coefficient (Wildman–Crippen LogP) is 6.32. The fourth-order valence-corrected chi connectivity index (χ4v) is 4.99. The molecule has 12 heteroatoms. The highest BCUT2D eigenvalue weighted by molar-refractivity contribution is 7.85. The van der Waals surface area contributed by atoms with Crippen LogP contribution in [0.25, 0.3) is 0 Å². The zero-order chi connectivity index (χ0) is 33.0. The van der Waals surface area contributed by atoms with Crippen molar-refractivity contribution in [1.29, 1.82) is 0 Å². The molecule has 0 unspecified atom stereocenters. The van der Waals surface area contributed by atoms with Crippen molar-refractivity contribution in [3.05, 3.63) is 0 Å².